The summed E-state index contributed by atoms with van der Waals surface area (Å²) in [7, 11) is 3.06. The van der Waals surface area contributed by atoms with E-state index in [2.05, 4.69) is 5.32 Å². The van der Waals surface area contributed by atoms with Crippen molar-refractivity contribution < 1.29 is 19.4 Å². The van der Waals surface area contributed by atoms with Crippen LogP contribution in [0.15, 0.2) is 48.2 Å². The highest BCUT2D eigenvalue weighted by molar-refractivity contribution is 6.26. The summed E-state index contributed by atoms with van der Waals surface area (Å²) in [4.78, 5) is 12.7. The lowest BCUT2D eigenvalue weighted by atomic mass is 10.0. The van der Waals surface area contributed by atoms with Crippen LogP contribution in [0.4, 0.5) is 5.69 Å². The van der Waals surface area contributed by atoms with Crippen LogP contribution in [0.5, 0.6) is 11.5 Å². The number of ether oxygens (including phenoxy) is 2. The molecular formula is C19H21NO4. The number of aryl methyl sites for hydroxylation is 1. The fraction of sp³-hybridized carbons (Fsp3) is 0.211. The molecule has 0 unspecified atom stereocenters. The van der Waals surface area contributed by atoms with Crippen LogP contribution in [-0.4, -0.2) is 25.2 Å². The number of hydrogen-bond acceptors (Lipinski definition) is 4. The summed E-state index contributed by atoms with van der Waals surface area (Å²) < 4.78 is 10.4. The monoisotopic (exact) mass is 327 g/mol. The van der Waals surface area contributed by atoms with Crippen molar-refractivity contribution in [2.45, 2.75) is 13.8 Å². The Labute approximate surface area is 141 Å². The third kappa shape index (κ3) is 3.87. The normalized spacial score (nSPS) is 11.5. The van der Waals surface area contributed by atoms with Gasteiger partial charge in [0.1, 0.15) is 17.3 Å². The minimum absolute atomic E-state index is 0.0572. The molecule has 0 aliphatic rings. The van der Waals surface area contributed by atoms with Crippen LogP contribution in [-0.2, 0) is 4.79 Å². The average molecular weight is 327 g/mol. The van der Waals surface area contributed by atoms with Gasteiger partial charge in [0.2, 0.25) is 0 Å². The van der Waals surface area contributed by atoms with Gasteiger partial charge in [0, 0.05) is 6.07 Å². The quantitative estimate of drug-likeness (QED) is 0.645. The van der Waals surface area contributed by atoms with Gasteiger partial charge in [-0.25, -0.2) is 0 Å². The Morgan fingerprint density at radius 3 is 2.25 bits per heavy atom. The van der Waals surface area contributed by atoms with Gasteiger partial charge >= 0.3 is 0 Å². The molecule has 0 fully saturated rings. The molecule has 2 aromatic rings. The molecule has 0 atom stereocenters. The lowest BCUT2D eigenvalue weighted by Gasteiger charge is -2.14. The minimum Gasteiger partial charge on any atom is -0.512 e. The largest absolute Gasteiger partial charge is 0.512 e. The Morgan fingerprint density at radius 1 is 1.04 bits per heavy atom. The highest BCUT2D eigenvalue weighted by Gasteiger charge is 2.18. The van der Waals surface area contributed by atoms with Gasteiger partial charge in [-0.15, -0.1) is 0 Å². The molecule has 5 heteroatoms. The van der Waals surface area contributed by atoms with Gasteiger partial charge in [-0.3, -0.25) is 4.79 Å². The van der Waals surface area contributed by atoms with E-state index in [1.807, 2.05) is 19.1 Å². The predicted octanol–water partition coefficient (Wildman–Crippen LogP) is 3.94. The SMILES string of the molecule is COc1ccc(OC)c(NC(=O)/C(=C(/C)O)c2ccc(C)cc2)c1. The third-order valence-electron chi connectivity index (χ3n) is 3.58. The summed E-state index contributed by atoms with van der Waals surface area (Å²) in [5.41, 5.74) is 2.39. The second kappa shape index (κ2) is 7.55. The number of amides is 1. The molecule has 0 aromatic heterocycles. The smallest absolute Gasteiger partial charge is 0.259 e. The molecule has 0 bridgehead atoms. The zero-order valence-electron chi connectivity index (χ0n) is 14.2. The number of rotatable bonds is 5. The number of nitrogens with one attached hydrogen (secondary N) is 1. The van der Waals surface area contributed by atoms with Crippen molar-refractivity contribution in [3.63, 3.8) is 0 Å². The summed E-state index contributed by atoms with van der Waals surface area (Å²) in [5.74, 6) is 0.610. The van der Waals surface area contributed by atoms with E-state index in [0.717, 1.165) is 5.56 Å². The lowest BCUT2D eigenvalue weighted by molar-refractivity contribution is -0.111. The standard InChI is InChI=1S/C19H21NO4/c1-12-5-7-14(8-6-12)18(13(2)21)19(22)20-16-11-15(23-3)9-10-17(16)24-4/h5-11,21H,1-4H3,(H,20,22)/b18-13-. The maximum absolute atomic E-state index is 12.7. The summed E-state index contributed by atoms with van der Waals surface area (Å²) in [6, 6.07) is 12.5. The minimum atomic E-state index is -0.426. The zero-order valence-corrected chi connectivity index (χ0v) is 14.2. The number of allylic oxidation sites excluding steroid dienone is 1. The summed E-state index contributed by atoms with van der Waals surface area (Å²) in [6.07, 6.45) is 0. The number of hydrogen-bond donors (Lipinski definition) is 2. The van der Waals surface area contributed by atoms with Gasteiger partial charge in [0.05, 0.1) is 25.5 Å². The van der Waals surface area contributed by atoms with Crippen molar-refractivity contribution >= 4 is 17.2 Å². The van der Waals surface area contributed by atoms with Gasteiger partial charge < -0.3 is 19.9 Å². The summed E-state index contributed by atoms with van der Waals surface area (Å²) >= 11 is 0. The van der Waals surface area contributed by atoms with Crippen molar-refractivity contribution in [3.8, 4) is 11.5 Å². The molecule has 0 heterocycles. The van der Waals surface area contributed by atoms with E-state index in [-0.39, 0.29) is 11.3 Å². The van der Waals surface area contributed by atoms with E-state index in [9.17, 15) is 9.90 Å². The number of carbonyl (C=O) groups excluding carboxylic acids is 1. The van der Waals surface area contributed by atoms with Crippen molar-refractivity contribution in [1.29, 1.82) is 0 Å². The Hall–Kier alpha value is -2.95. The van der Waals surface area contributed by atoms with Crippen LogP contribution < -0.4 is 14.8 Å². The molecule has 0 aliphatic heterocycles. The average Bonchev–Trinajstić information content (AvgIpc) is 2.56. The third-order valence-corrected chi connectivity index (χ3v) is 3.58. The van der Waals surface area contributed by atoms with Gasteiger partial charge in [0.15, 0.2) is 0 Å². The van der Waals surface area contributed by atoms with E-state index in [1.54, 1.807) is 37.4 Å². The highest BCUT2D eigenvalue weighted by atomic mass is 16.5. The van der Waals surface area contributed by atoms with E-state index < -0.39 is 5.91 Å². The molecule has 2 aromatic carbocycles. The van der Waals surface area contributed by atoms with Gasteiger partial charge in [-0.1, -0.05) is 29.8 Å². The number of methoxy groups -OCH3 is 2. The molecule has 2 N–H and O–H groups in total. The highest BCUT2D eigenvalue weighted by Crippen LogP contribution is 2.30. The number of aliphatic hydroxyl groups excluding tert-OH is 1. The predicted molar refractivity (Wildman–Crippen MR) is 94.6 cm³/mol. The lowest BCUT2D eigenvalue weighted by Crippen LogP contribution is -2.15. The molecular weight excluding hydrogens is 306 g/mol. The van der Waals surface area contributed by atoms with Crippen LogP contribution in [0.3, 0.4) is 0 Å². The van der Waals surface area contributed by atoms with Crippen molar-refractivity contribution in [1.82, 2.24) is 0 Å². The molecule has 0 aliphatic carbocycles. The summed E-state index contributed by atoms with van der Waals surface area (Å²) in [5, 5.41) is 12.7. The number of anilines is 1. The maximum atomic E-state index is 12.7. The van der Waals surface area contributed by atoms with Crippen LogP contribution in [0, 0.1) is 6.92 Å². The van der Waals surface area contributed by atoms with E-state index in [4.69, 9.17) is 9.47 Å². The van der Waals surface area contributed by atoms with Gasteiger partial charge in [-0.05, 0) is 31.5 Å². The molecule has 0 spiro atoms. The van der Waals surface area contributed by atoms with Gasteiger partial charge in [0.25, 0.3) is 5.91 Å². The first-order valence-corrected chi connectivity index (χ1v) is 7.46. The maximum Gasteiger partial charge on any atom is 0.259 e. The second-order valence-electron chi connectivity index (χ2n) is 5.35. The van der Waals surface area contributed by atoms with E-state index in [0.29, 0.717) is 22.7 Å². The van der Waals surface area contributed by atoms with E-state index in [1.165, 1.54) is 14.0 Å². The van der Waals surface area contributed by atoms with Crippen LogP contribution >= 0.6 is 0 Å². The molecule has 2 rings (SSSR count). The molecule has 0 saturated carbocycles. The molecule has 0 radical (unpaired) electrons. The Bertz CT molecular complexity index is 759. The second-order valence-corrected chi connectivity index (χ2v) is 5.35. The topological polar surface area (TPSA) is 67.8 Å². The van der Waals surface area contributed by atoms with Crippen LogP contribution in [0.2, 0.25) is 0 Å². The summed E-state index contributed by atoms with van der Waals surface area (Å²) in [6.45, 7) is 3.44. The first kappa shape index (κ1) is 17.4. The number of aliphatic hydroxyl groups is 1. The zero-order chi connectivity index (χ0) is 17.7. The first-order chi connectivity index (χ1) is 11.5. The fourth-order valence-electron chi connectivity index (χ4n) is 2.32. The molecule has 5 nitrogen and oxygen atoms in total. The van der Waals surface area contributed by atoms with E-state index >= 15 is 0 Å². The number of benzene rings is 2. The van der Waals surface area contributed by atoms with Crippen molar-refractivity contribution in [2.75, 3.05) is 19.5 Å². The molecule has 0 saturated heterocycles. The van der Waals surface area contributed by atoms with Crippen LogP contribution in [0.25, 0.3) is 5.57 Å². The van der Waals surface area contributed by atoms with Crippen molar-refractivity contribution in [2.24, 2.45) is 0 Å². The van der Waals surface area contributed by atoms with Crippen molar-refractivity contribution in [3.05, 3.63) is 59.4 Å². The molecule has 24 heavy (non-hydrogen) atoms. The first-order valence-electron chi connectivity index (χ1n) is 7.46. The Kier molecular flexibility index (Phi) is 5.47. The Balaban J connectivity index is 2.36. The molecule has 1 amide bonds. The van der Waals surface area contributed by atoms with Crippen LogP contribution in [0.1, 0.15) is 18.1 Å². The fourth-order valence-corrected chi connectivity index (χ4v) is 2.32. The molecule has 126 valence electrons. The Morgan fingerprint density at radius 2 is 1.71 bits per heavy atom. The number of carbonyl (C=O) groups is 1. The van der Waals surface area contributed by atoms with Gasteiger partial charge in [-0.2, -0.15) is 0 Å².